The molecule has 0 saturated heterocycles. The molecule has 0 aliphatic rings. The maximum absolute atomic E-state index is 11.0. The van der Waals surface area contributed by atoms with Gasteiger partial charge >= 0.3 is 0 Å². The maximum Gasteiger partial charge on any atom is 0.248 e. The SMILES string of the molecule is CCCCCCC(C)Nc1ccc(C(N)=O)cc1N. The fraction of sp³-hybridized carbons (Fsp3) is 0.533. The molecular weight excluding hydrogens is 238 g/mol. The lowest BCUT2D eigenvalue weighted by Crippen LogP contribution is -2.17. The first-order valence-corrected chi connectivity index (χ1v) is 7.00. The summed E-state index contributed by atoms with van der Waals surface area (Å²) in [5.41, 5.74) is 13.0. The molecule has 5 N–H and O–H groups in total. The summed E-state index contributed by atoms with van der Waals surface area (Å²) in [6.45, 7) is 4.36. The van der Waals surface area contributed by atoms with Crippen LogP contribution in [-0.2, 0) is 0 Å². The second-order valence-corrected chi connectivity index (χ2v) is 5.06. The number of unbranched alkanes of at least 4 members (excludes halogenated alkanes) is 3. The molecule has 0 radical (unpaired) electrons. The first-order chi connectivity index (χ1) is 9.04. The van der Waals surface area contributed by atoms with Crippen LogP contribution in [-0.4, -0.2) is 11.9 Å². The maximum atomic E-state index is 11.0. The average Bonchev–Trinajstić information content (AvgIpc) is 2.37. The number of carbonyl (C=O) groups is 1. The molecule has 1 aromatic carbocycles. The first-order valence-electron chi connectivity index (χ1n) is 7.00. The molecule has 4 nitrogen and oxygen atoms in total. The van der Waals surface area contributed by atoms with E-state index in [1.165, 1.54) is 25.7 Å². The third-order valence-electron chi connectivity index (χ3n) is 3.23. The zero-order valence-corrected chi connectivity index (χ0v) is 11.9. The van der Waals surface area contributed by atoms with E-state index >= 15 is 0 Å². The molecule has 0 saturated carbocycles. The topological polar surface area (TPSA) is 81.1 Å². The number of primary amides is 1. The molecule has 106 valence electrons. The van der Waals surface area contributed by atoms with Crippen molar-refractivity contribution in [2.24, 2.45) is 5.73 Å². The molecule has 4 heteroatoms. The van der Waals surface area contributed by atoms with E-state index in [9.17, 15) is 4.79 Å². The molecule has 1 rings (SSSR count). The van der Waals surface area contributed by atoms with E-state index in [2.05, 4.69) is 19.2 Å². The highest BCUT2D eigenvalue weighted by Crippen LogP contribution is 2.21. The quantitative estimate of drug-likeness (QED) is 0.498. The summed E-state index contributed by atoms with van der Waals surface area (Å²) in [4.78, 5) is 11.0. The number of nitrogen functional groups attached to an aromatic ring is 1. The second-order valence-electron chi connectivity index (χ2n) is 5.06. The van der Waals surface area contributed by atoms with Crippen LogP contribution in [0.1, 0.15) is 56.3 Å². The molecule has 19 heavy (non-hydrogen) atoms. The van der Waals surface area contributed by atoms with E-state index in [0.717, 1.165) is 12.1 Å². The van der Waals surface area contributed by atoms with Crippen molar-refractivity contribution in [3.05, 3.63) is 23.8 Å². The minimum atomic E-state index is -0.453. The van der Waals surface area contributed by atoms with Gasteiger partial charge in [-0.15, -0.1) is 0 Å². The number of nitrogens with two attached hydrogens (primary N) is 2. The molecule has 0 heterocycles. The molecular formula is C15H25N3O. The largest absolute Gasteiger partial charge is 0.397 e. The number of anilines is 2. The molecule has 0 spiro atoms. The molecule has 1 atom stereocenters. The Morgan fingerprint density at radius 3 is 2.63 bits per heavy atom. The van der Waals surface area contributed by atoms with E-state index in [0.29, 0.717) is 17.3 Å². The molecule has 1 aromatic rings. The Morgan fingerprint density at radius 2 is 2.05 bits per heavy atom. The van der Waals surface area contributed by atoms with Crippen molar-refractivity contribution in [1.82, 2.24) is 0 Å². The van der Waals surface area contributed by atoms with Crippen LogP contribution in [0.5, 0.6) is 0 Å². The van der Waals surface area contributed by atoms with Gasteiger partial charge < -0.3 is 16.8 Å². The zero-order valence-electron chi connectivity index (χ0n) is 11.9. The minimum Gasteiger partial charge on any atom is -0.397 e. The van der Waals surface area contributed by atoms with Gasteiger partial charge in [0.2, 0.25) is 5.91 Å². The summed E-state index contributed by atoms with van der Waals surface area (Å²) in [5.74, 6) is -0.453. The molecule has 0 aliphatic carbocycles. The lowest BCUT2D eigenvalue weighted by molar-refractivity contribution is 0.100. The van der Waals surface area contributed by atoms with Crippen molar-refractivity contribution < 1.29 is 4.79 Å². The van der Waals surface area contributed by atoms with E-state index in [-0.39, 0.29) is 0 Å². The number of hydrogen-bond acceptors (Lipinski definition) is 3. The van der Waals surface area contributed by atoms with Gasteiger partial charge in [-0.05, 0) is 31.5 Å². The van der Waals surface area contributed by atoms with Crippen LogP contribution in [0.2, 0.25) is 0 Å². The fourth-order valence-electron chi connectivity index (χ4n) is 2.06. The standard InChI is InChI=1S/C15H25N3O/c1-3-4-5-6-7-11(2)18-14-9-8-12(15(17)19)10-13(14)16/h8-11,18H,3-7,16H2,1-2H3,(H2,17,19). The number of benzene rings is 1. The van der Waals surface area contributed by atoms with E-state index < -0.39 is 5.91 Å². The van der Waals surface area contributed by atoms with Crippen LogP contribution < -0.4 is 16.8 Å². The molecule has 0 aliphatic heterocycles. The Hall–Kier alpha value is -1.71. The number of rotatable bonds is 8. The van der Waals surface area contributed by atoms with Crippen molar-refractivity contribution in [3.63, 3.8) is 0 Å². The van der Waals surface area contributed by atoms with Crippen molar-refractivity contribution >= 4 is 17.3 Å². The van der Waals surface area contributed by atoms with Crippen LogP contribution in [0.25, 0.3) is 0 Å². The fourth-order valence-corrected chi connectivity index (χ4v) is 2.06. The normalized spacial score (nSPS) is 12.1. The summed E-state index contributed by atoms with van der Waals surface area (Å²) in [6.07, 6.45) is 6.17. The predicted molar refractivity (Wildman–Crippen MR) is 81.2 cm³/mol. The lowest BCUT2D eigenvalue weighted by atomic mass is 10.1. The van der Waals surface area contributed by atoms with Crippen LogP contribution in [0.15, 0.2) is 18.2 Å². The molecule has 0 fully saturated rings. The molecule has 0 aromatic heterocycles. The zero-order chi connectivity index (χ0) is 14.3. The van der Waals surface area contributed by atoms with Gasteiger partial charge in [0.25, 0.3) is 0 Å². The van der Waals surface area contributed by atoms with E-state index in [1.807, 2.05) is 6.07 Å². The highest BCUT2D eigenvalue weighted by molar-refractivity contribution is 5.94. The van der Waals surface area contributed by atoms with Gasteiger partial charge in [-0.2, -0.15) is 0 Å². The van der Waals surface area contributed by atoms with E-state index in [1.54, 1.807) is 12.1 Å². The van der Waals surface area contributed by atoms with Gasteiger partial charge in [-0.3, -0.25) is 4.79 Å². The van der Waals surface area contributed by atoms with Gasteiger partial charge in [0.05, 0.1) is 11.4 Å². The van der Waals surface area contributed by atoms with E-state index in [4.69, 9.17) is 11.5 Å². The van der Waals surface area contributed by atoms with Gasteiger partial charge in [0.1, 0.15) is 0 Å². The first kappa shape index (κ1) is 15.3. The van der Waals surface area contributed by atoms with Crippen molar-refractivity contribution in [2.45, 2.75) is 52.0 Å². The van der Waals surface area contributed by atoms with Gasteiger partial charge in [-0.25, -0.2) is 0 Å². The summed E-state index contributed by atoms with van der Waals surface area (Å²) in [7, 11) is 0. The number of hydrogen-bond donors (Lipinski definition) is 3. The van der Waals surface area contributed by atoms with Crippen LogP contribution in [0.3, 0.4) is 0 Å². The third-order valence-corrected chi connectivity index (χ3v) is 3.23. The number of nitrogens with one attached hydrogen (secondary N) is 1. The van der Waals surface area contributed by atoms with Crippen LogP contribution >= 0.6 is 0 Å². The summed E-state index contributed by atoms with van der Waals surface area (Å²) < 4.78 is 0. The van der Waals surface area contributed by atoms with Gasteiger partial charge in [0, 0.05) is 11.6 Å². The predicted octanol–water partition coefficient (Wildman–Crippen LogP) is 3.14. The average molecular weight is 263 g/mol. The third kappa shape index (κ3) is 5.20. The van der Waals surface area contributed by atoms with Crippen LogP contribution in [0, 0.1) is 0 Å². The Labute approximate surface area is 115 Å². The number of amides is 1. The van der Waals surface area contributed by atoms with Crippen LogP contribution in [0.4, 0.5) is 11.4 Å². The monoisotopic (exact) mass is 263 g/mol. The lowest BCUT2D eigenvalue weighted by Gasteiger charge is -2.17. The number of carbonyl (C=O) groups excluding carboxylic acids is 1. The Kier molecular flexibility index (Phi) is 6.19. The highest BCUT2D eigenvalue weighted by atomic mass is 16.1. The molecule has 1 unspecified atom stereocenters. The molecule has 0 bridgehead atoms. The summed E-state index contributed by atoms with van der Waals surface area (Å²) in [5, 5.41) is 3.38. The minimum absolute atomic E-state index is 0.374. The van der Waals surface area contributed by atoms with Gasteiger partial charge in [-0.1, -0.05) is 32.6 Å². The van der Waals surface area contributed by atoms with Crippen molar-refractivity contribution in [1.29, 1.82) is 0 Å². The smallest absolute Gasteiger partial charge is 0.248 e. The molecule has 1 amide bonds. The Morgan fingerprint density at radius 1 is 1.32 bits per heavy atom. The van der Waals surface area contributed by atoms with Crippen molar-refractivity contribution in [2.75, 3.05) is 11.1 Å². The summed E-state index contributed by atoms with van der Waals surface area (Å²) in [6, 6.07) is 5.51. The Balaban J connectivity index is 2.50. The summed E-state index contributed by atoms with van der Waals surface area (Å²) >= 11 is 0. The van der Waals surface area contributed by atoms with Gasteiger partial charge in [0.15, 0.2) is 0 Å². The van der Waals surface area contributed by atoms with Crippen molar-refractivity contribution in [3.8, 4) is 0 Å². The highest BCUT2D eigenvalue weighted by Gasteiger charge is 2.07. The Bertz CT molecular complexity index is 418. The second kappa shape index (κ2) is 7.67.